The zero-order valence-corrected chi connectivity index (χ0v) is 9.69. The van der Waals surface area contributed by atoms with E-state index < -0.39 is 0 Å². The second-order valence-corrected chi connectivity index (χ2v) is 3.87. The van der Waals surface area contributed by atoms with Gasteiger partial charge in [-0.1, -0.05) is 11.6 Å². The molecule has 0 spiro atoms. The van der Waals surface area contributed by atoms with Gasteiger partial charge in [0.1, 0.15) is 5.15 Å². The van der Waals surface area contributed by atoms with E-state index in [1.807, 2.05) is 30.8 Å². The third kappa shape index (κ3) is 1.72. The molecule has 0 radical (unpaired) electrons. The van der Waals surface area contributed by atoms with E-state index >= 15 is 0 Å². The maximum Gasteiger partial charge on any atom is 0.177 e. The van der Waals surface area contributed by atoms with Crippen molar-refractivity contribution in [3.63, 3.8) is 0 Å². The molecule has 0 saturated heterocycles. The molecule has 0 fully saturated rings. The topological polar surface area (TPSA) is 47.8 Å². The highest BCUT2D eigenvalue weighted by atomic mass is 35.5. The smallest absolute Gasteiger partial charge is 0.177 e. The second kappa shape index (κ2) is 4.06. The molecule has 0 bridgehead atoms. The average molecular weight is 236 g/mol. The molecule has 0 aliphatic carbocycles. The monoisotopic (exact) mass is 235 g/mol. The largest absolute Gasteiger partial charge is 0.348 e. The average Bonchev–Trinajstić information content (AvgIpc) is 2.58. The van der Waals surface area contributed by atoms with Gasteiger partial charge in [0.2, 0.25) is 0 Å². The summed E-state index contributed by atoms with van der Waals surface area (Å²) in [4.78, 5) is 18.8. The maximum absolute atomic E-state index is 10.6. The number of rotatable bonds is 2. The van der Waals surface area contributed by atoms with E-state index in [4.69, 9.17) is 11.6 Å². The summed E-state index contributed by atoms with van der Waals surface area (Å²) in [6.45, 7) is 1.97. The van der Waals surface area contributed by atoms with Crippen LogP contribution in [0, 0.1) is 6.92 Å². The summed E-state index contributed by atoms with van der Waals surface area (Å²) in [6, 6.07) is 1.97. The standard InChI is InChI=1S/C11H10ClN3O/c1-7-3-4-15(2)9(7)11-13-5-8(6-16)10(12)14-11/h3-6H,1-2H3. The Kier molecular flexibility index (Phi) is 2.75. The first-order chi connectivity index (χ1) is 7.63. The third-order valence-electron chi connectivity index (χ3n) is 2.38. The molecule has 0 aromatic carbocycles. The lowest BCUT2D eigenvalue weighted by Gasteiger charge is -2.04. The van der Waals surface area contributed by atoms with Crippen molar-refractivity contribution in [3.05, 3.63) is 34.7 Å². The number of aldehydes is 1. The molecular formula is C11H10ClN3O. The van der Waals surface area contributed by atoms with E-state index in [0.29, 0.717) is 17.7 Å². The summed E-state index contributed by atoms with van der Waals surface area (Å²) in [5.41, 5.74) is 2.27. The molecular weight excluding hydrogens is 226 g/mol. The van der Waals surface area contributed by atoms with Gasteiger partial charge in [0.15, 0.2) is 12.1 Å². The zero-order valence-electron chi connectivity index (χ0n) is 8.94. The molecule has 0 saturated carbocycles. The number of aromatic nitrogens is 3. The first kappa shape index (κ1) is 10.8. The van der Waals surface area contributed by atoms with Crippen LogP contribution in [0.3, 0.4) is 0 Å². The number of nitrogens with zero attached hydrogens (tertiary/aromatic N) is 3. The maximum atomic E-state index is 10.6. The summed E-state index contributed by atoms with van der Waals surface area (Å²) in [5, 5.41) is 0.181. The Hall–Kier alpha value is -1.68. The minimum Gasteiger partial charge on any atom is -0.348 e. The molecule has 2 heterocycles. The molecule has 5 heteroatoms. The summed E-state index contributed by atoms with van der Waals surface area (Å²) >= 11 is 5.86. The first-order valence-corrected chi connectivity index (χ1v) is 5.11. The molecule has 4 nitrogen and oxygen atoms in total. The Morgan fingerprint density at radius 1 is 1.50 bits per heavy atom. The third-order valence-corrected chi connectivity index (χ3v) is 2.68. The van der Waals surface area contributed by atoms with Crippen LogP contribution in [0.1, 0.15) is 15.9 Å². The van der Waals surface area contributed by atoms with Gasteiger partial charge >= 0.3 is 0 Å². The lowest BCUT2D eigenvalue weighted by molar-refractivity contribution is 0.112. The molecule has 82 valence electrons. The van der Waals surface area contributed by atoms with Gasteiger partial charge in [-0.05, 0) is 18.6 Å². The van der Waals surface area contributed by atoms with E-state index in [1.54, 1.807) is 0 Å². The summed E-state index contributed by atoms with van der Waals surface area (Å²) in [7, 11) is 1.91. The molecule has 2 aromatic rings. The number of carbonyl (C=O) groups is 1. The highest BCUT2D eigenvalue weighted by Gasteiger charge is 2.11. The Labute approximate surface area is 97.9 Å². The number of hydrogen-bond donors (Lipinski definition) is 0. The number of hydrogen-bond acceptors (Lipinski definition) is 3. The number of aryl methyl sites for hydroxylation is 2. The van der Waals surface area contributed by atoms with Gasteiger partial charge in [-0.25, -0.2) is 9.97 Å². The SMILES string of the molecule is Cc1ccn(C)c1-c1ncc(C=O)c(Cl)n1. The molecule has 16 heavy (non-hydrogen) atoms. The van der Waals surface area contributed by atoms with E-state index in [0.717, 1.165) is 11.3 Å². The molecule has 0 amide bonds. The molecule has 0 unspecified atom stereocenters. The Morgan fingerprint density at radius 2 is 2.25 bits per heavy atom. The van der Waals surface area contributed by atoms with Crippen LogP contribution in [-0.2, 0) is 7.05 Å². The van der Waals surface area contributed by atoms with Gasteiger partial charge in [-0.3, -0.25) is 4.79 Å². The summed E-state index contributed by atoms with van der Waals surface area (Å²) in [5.74, 6) is 0.528. The minimum atomic E-state index is 0.181. The van der Waals surface area contributed by atoms with E-state index in [-0.39, 0.29) is 5.15 Å². The zero-order chi connectivity index (χ0) is 11.7. The van der Waals surface area contributed by atoms with Crippen molar-refractivity contribution in [2.24, 2.45) is 7.05 Å². The fourth-order valence-electron chi connectivity index (χ4n) is 1.55. The Balaban J connectivity index is 2.57. The van der Waals surface area contributed by atoms with Crippen LogP contribution in [0.2, 0.25) is 5.15 Å². The fraction of sp³-hybridized carbons (Fsp3) is 0.182. The van der Waals surface area contributed by atoms with Crippen molar-refractivity contribution < 1.29 is 4.79 Å². The van der Waals surface area contributed by atoms with Gasteiger partial charge in [0.05, 0.1) is 11.3 Å². The van der Waals surface area contributed by atoms with Crippen LogP contribution in [0.4, 0.5) is 0 Å². The van der Waals surface area contributed by atoms with Gasteiger partial charge in [0, 0.05) is 19.4 Å². The first-order valence-electron chi connectivity index (χ1n) is 4.73. The fourth-order valence-corrected chi connectivity index (χ4v) is 1.73. The van der Waals surface area contributed by atoms with Crippen molar-refractivity contribution in [1.82, 2.24) is 14.5 Å². The summed E-state index contributed by atoms with van der Waals surface area (Å²) < 4.78 is 1.92. The van der Waals surface area contributed by atoms with Crippen molar-refractivity contribution in [3.8, 4) is 11.5 Å². The highest BCUT2D eigenvalue weighted by molar-refractivity contribution is 6.31. The molecule has 0 aliphatic heterocycles. The molecule has 2 aromatic heterocycles. The van der Waals surface area contributed by atoms with E-state index in [2.05, 4.69) is 9.97 Å². The van der Waals surface area contributed by atoms with Crippen LogP contribution in [-0.4, -0.2) is 20.8 Å². The predicted octanol–water partition coefficient (Wildman–Crippen LogP) is 2.26. The normalized spacial score (nSPS) is 10.4. The molecule has 0 atom stereocenters. The van der Waals surface area contributed by atoms with Gasteiger partial charge < -0.3 is 4.57 Å². The lowest BCUT2D eigenvalue weighted by Crippen LogP contribution is -1.99. The lowest BCUT2D eigenvalue weighted by atomic mass is 10.2. The van der Waals surface area contributed by atoms with Crippen molar-refractivity contribution >= 4 is 17.9 Å². The van der Waals surface area contributed by atoms with Crippen molar-refractivity contribution in [2.75, 3.05) is 0 Å². The molecule has 0 N–H and O–H groups in total. The van der Waals surface area contributed by atoms with Crippen molar-refractivity contribution in [1.29, 1.82) is 0 Å². The van der Waals surface area contributed by atoms with Gasteiger partial charge in [-0.15, -0.1) is 0 Å². The minimum absolute atomic E-state index is 0.181. The van der Waals surface area contributed by atoms with Crippen LogP contribution in [0.15, 0.2) is 18.5 Å². The van der Waals surface area contributed by atoms with Gasteiger partial charge in [0.25, 0.3) is 0 Å². The van der Waals surface area contributed by atoms with Crippen LogP contribution < -0.4 is 0 Å². The highest BCUT2D eigenvalue weighted by Crippen LogP contribution is 2.22. The van der Waals surface area contributed by atoms with E-state index in [1.165, 1.54) is 6.20 Å². The molecule has 2 rings (SSSR count). The number of carbonyl (C=O) groups excluding carboxylic acids is 1. The van der Waals surface area contributed by atoms with E-state index in [9.17, 15) is 4.79 Å². The Morgan fingerprint density at radius 3 is 2.75 bits per heavy atom. The van der Waals surface area contributed by atoms with Crippen molar-refractivity contribution in [2.45, 2.75) is 6.92 Å². The van der Waals surface area contributed by atoms with Crippen LogP contribution in [0.25, 0.3) is 11.5 Å². The van der Waals surface area contributed by atoms with Crippen LogP contribution >= 0.6 is 11.6 Å². The quantitative estimate of drug-likeness (QED) is 0.593. The predicted molar refractivity (Wildman–Crippen MR) is 61.6 cm³/mol. The number of halogens is 1. The summed E-state index contributed by atoms with van der Waals surface area (Å²) in [6.07, 6.45) is 4.00. The van der Waals surface area contributed by atoms with Gasteiger partial charge in [-0.2, -0.15) is 0 Å². The van der Waals surface area contributed by atoms with Crippen LogP contribution in [0.5, 0.6) is 0 Å². The Bertz CT molecular complexity index is 529. The molecule has 0 aliphatic rings. The second-order valence-electron chi connectivity index (χ2n) is 3.52.